The number of morpholine rings is 1. The van der Waals surface area contributed by atoms with Gasteiger partial charge in [0, 0.05) is 45.9 Å². The van der Waals surface area contributed by atoms with Crippen LogP contribution in [0.1, 0.15) is 12.8 Å². The van der Waals surface area contributed by atoms with Gasteiger partial charge in [0.15, 0.2) is 0 Å². The SMILES string of the molecule is O=C(CN1CCN(C(=O)C2CCCO2)CC1)N1CCOCC1. The molecular formula is C15H25N3O4. The Hall–Kier alpha value is -1.18. The van der Waals surface area contributed by atoms with E-state index in [1.807, 2.05) is 9.80 Å². The van der Waals surface area contributed by atoms with Gasteiger partial charge in [0.2, 0.25) is 5.91 Å². The molecule has 0 N–H and O–H groups in total. The average Bonchev–Trinajstić information content (AvgIpc) is 3.10. The minimum Gasteiger partial charge on any atom is -0.378 e. The van der Waals surface area contributed by atoms with Crippen LogP contribution in [0.25, 0.3) is 0 Å². The van der Waals surface area contributed by atoms with Gasteiger partial charge in [0.1, 0.15) is 6.10 Å². The van der Waals surface area contributed by atoms with Crippen molar-refractivity contribution < 1.29 is 19.1 Å². The minimum absolute atomic E-state index is 0.122. The minimum atomic E-state index is -0.235. The fourth-order valence-corrected chi connectivity index (χ4v) is 3.21. The maximum atomic E-state index is 12.3. The third-order valence-electron chi connectivity index (χ3n) is 4.61. The van der Waals surface area contributed by atoms with E-state index in [4.69, 9.17) is 9.47 Å². The summed E-state index contributed by atoms with van der Waals surface area (Å²) in [5, 5.41) is 0. The Morgan fingerprint density at radius 2 is 1.64 bits per heavy atom. The van der Waals surface area contributed by atoms with Gasteiger partial charge >= 0.3 is 0 Å². The number of carbonyl (C=O) groups is 2. The highest BCUT2D eigenvalue weighted by atomic mass is 16.5. The highest BCUT2D eigenvalue weighted by Crippen LogP contribution is 2.16. The van der Waals surface area contributed by atoms with Crippen LogP contribution in [0, 0.1) is 0 Å². The lowest BCUT2D eigenvalue weighted by Crippen LogP contribution is -2.54. The molecule has 0 spiro atoms. The predicted molar refractivity (Wildman–Crippen MR) is 79.4 cm³/mol. The van der Waals surface area contributed by atoms with Crippen LogP contribution in [0.4, 0.5) is 0 Å². The quantitative estimate of drug-likeness (QED) is 0.681. The molecule has 3 aliphatic heterocycles. The molecule has 3 rings (SSSR count). The highest BCUT2D eigenvalue weighted by molar-refractivity contribution is 5.81. The Labute approximate surface area is 131 Å². The van der Waals surface area contributed by atoms with Crippen molar-refractivity contribution >= 4 is 11.8 Å². The van der Waals surface area contributed by atoms with E-state index < -0.39 is 0 Å². The summed E-state index contributed by atoms with van der Waals surface area (Å²) in [5.41, 5.74) is 0. The number of nitrogens with zero attached hydrogens (tertiary/aromatic N) is 3. The van der Waals surface area contributed by atoms with Crippen LogP contribution in [0.3, 0.4) is 0 Å². The molecular weight excluding hydrogens is 286 g/mol. The van der Waals surface area contributed by atoms with Crippen molar-refractivity contribution in [2.75, 3.05) is 65.6 Å². The zero-order valence-corrected chi connectivity index (χ0v) is 13.0. The summed E-state index contributed by atoms with van der Waals surface area (Å²) in [7, 11) is 0. The number of rotatable bonds is 3. The van der Waals surface area contributed by atoms with Gasteiger partial charge in [-0.15, -0.1) is 0 Å². The maximum absolute atomic E-state index is 12.3. The van der Waals surface area contributed by atoms with Crippen molar-refractivity contribution in [3.8, 4) is 0 Å². The van der Waals surface area contributed by atoms with Crippen LogP contribution in [0.5, 0.6) is 0 Å². The third-order valence-corrected chi connectivity index (χ3v) is 4.61. The summed E-state index contributed by atoms with van der Waals surface area (Å²) >= 11 is 0. The Morgan fingerprint density at radius 3 is 2.27 bits per heavy atom. The number of amides is 2. The molecule has 0 saturated carbocycles. The standard InChI is InChI=1S/C15H25N3O4/c19-14(17-7-10-21-11-8-17)12-16-3-5-18(6-4-16)15(20)13-2-1-9-22-13/h13H,1-12H2. The van der Waals surface area contributed by atoms with Crippen molar-refractivity contribution in [1.82, 2.24) is 14.7 Å². The smallest absolute Gasteiger partial charge is 0.251 e. The van der Waals surface area contributed by atoms with Gasteiger partial charge in [-0.2, -0.15) is 0 Å². The molecule has 3 fully saturated rings. The van der Waals surface area contributed by atoms with Crippen molar-refractivity contribution in [2.24, 2.45) is 0 Å². The van der Waals surface area contributed by atoms with E-state index in [1.54, 1.807) is 0 Å². The summed E-state index contributed by atoms with van der Waals surface area (Å²) < 4.78 is 10.7. The molecule has 0 radical (unpaired) electrons. The van der Waals surface area contributed by atoms with Gasteiger partial charge in [-0.25, -0.2) is 0 Å². The Morgan fingerprint density at radius 1 is 0.909 bits per heavy atom. The molecule has 0 aromatic rings. The van der Waals surface area contributed by atoms with Crippen LogP contribution >= 0.6 is 0 Å². The second-order valence-electron chi connectivity index (χ2n) is 6.10. The first-order valence-corrected chi connectivity index (χ1v) is 8.22. The molecule has 124 valence electrons. The summed E-state index contributed by atoms with van der Waals surface area (Å²) in [6.07, 6.45) is 1.58. The van der Waals surface area contributed by atoms with Gasteiger partial charge in [-0.1, -0.05) is 0 Å². The monoisotopic (exact) mass is 311 g/mol. The molecule has 0 aromatic heterocycles. The molecule has 1 unspecified atom stereocenters. The van der Waals surface area contributed by atoms with Crippen LogP contribution in [-0.2, 0) is 19.1 Å². The molecule has 3 heterocycles. The first-order chi connectivity index (χ1) is 10.7. The fourth-order valence-electron chi connectivity index (χ4n) is 3.21. The lowest BCUT2D eigenvalue weighted by atomic mass is 10.2. The summed E-state index contributed by atoms with van der Waals surface area (Å²) in [4.78, 5) is 30.4. The van der Waals surface area contributed by atoms with Gasteiger partial charge in [-0.3, -0.25) is 14.5 Å². The Kier molecular flexibility index (Phi) is 5.28. The lowest BCUT2D eigenvalue weighted by molar-refractivity contribution is -0.143. The second-order valence-corrected chi connectivity index (χ2v) is 6.10. The molecule has 2 amide bonds. The van der Waals surface area contributed by atoms with E-state index >= 15 is 0 Å². The topological polar surface area (TPSA) is 62.3 Å². The molecule has 0 bridgehead atoms. The van der Waals surface area contributed by atoms with Crippen LogP contribution in [0.2, 0.25) is 0 Å². The van der Waals surface area contributed by atoms with E-state index in [1.165, 1.54) is 0 Å². The Balaban J connectivity index is 1.41. The second kappa shape index (κ2) is 7.39. The van der Waals surface area contributed by atoms with Crippen LogP contribution in [0.15, 0.2) is 0 Å². The molecule has 3 saturated heterocycles. The number of carbonyl (C=O) groups excluding carboxylic acids is 2. The first-order valence-electron chi connectivity index (χ1n) is 8.22. The van der Waals surface area contributed by atoms with E-state index in [2.05, 4.69) is 4.90 Å². The van der Waals surface area contributed by atoms with E-state index in [-0.39, 0.29) is 17.9 Å². The van der Waals surface area contributed by atoms with E-state index in [0.717, 1.165) is 25.9 Å². The summed E-state index contributed by atoms with van der Waals surface area (Å²) in [6, 6.07) is 0. The molecule has 7 heteroatoms. The van der Waals surface area contributed by atoms with Crippen LogP contribution < -0.4 is 0 Å². The number of ether oxygens (including phenoxy) is 2. The molecule has 1 atom stereocenters. The fraction of sp³-hybridized carbons (Fsp3) is 0.867. The van der Waals surface area contributed by atoms with Crippen LogP contribution in [-0.4, -0.2) is 98.3 Å². The zero-order valence-electron chi connectivity index (χ0n) is 13.0. The molecule has 22 heavy (non-hydrogen) atoms. The molecule has 0 aromatic carbocycles. The molecule has 0 aliphatic carbocycles. The first kappa shape index (κ1) is 15.7. The molecule has 7 nitrogen and oxygen atoms in total. The predicted octanol–water partition coefficient (Wildman–Crippen LogP) is -0.832. The lowest BCUT2D eigenvalue weighted by Gasteiger charge is -2.36. The van der Waals surface area contributed by atoms with E-state index in [9.17, 15) is 9.59 Å². The normalized spacial score (nSPS) is 27.2. The summed E-state index contributed by atoms with van der Waals surface area (Å²) in [6.45, 7) is 6.69. The molecule has 3 aliphatic rings. The van der Waals surface area contributed by atoms with E-state index in [0.29, 0.717) is 52.5 Å². The van der Waals surface area contributed by atoms with Gasteiger partial charge < -0.3 is 19.3 Å². The largest absolute Gasteiger partial charge is 0.378 e. The maximum Gasteiger partial charge on any atom is 0.251 e. The Bertz CT molecular complexity index is 398. The van der Waals surface area contributed by atoms with Crippen molar-refractivity contribution in [2.45, 2.75) is 18.9 Å². The van der Waals surface area contributed by atoms with Gasteiger partial charge in [0.25, 0.3) is 5.91 Å². The summed E-state index contributed by atoms with van der Waals surface area (Å²) in [5.74, 6) is 0.291. The van der Waals surface area contributed by atoms with Crippen molar-refractivity contribution in [1.29, 1.82) is 0 Å². The van der Waals surface area contributed by atoms with Gasteiger partial charge in [-0.05, 0) is 12.8 Å². The zero-order chi connectivity index (χ0) is 15.4. The average molecular weight is 311 g/mol. The number of piperazine rings is 1. The third kappa shape index (κ3) is 3.77. The number of hydrogen-bond acceptors (Lipinski definition) is 5. The van der Waals surface area contributed by atoms with Crippen molar-refractivity contribution in [3.63, 3.8) is 0 Å². The van der Waals surface area contributed by atoms with Crippen molar-refractivity contribution in [3.05, 3.63) is 0 Å². The highest BCUT2D eigenvalue weighted by Gasteiger charge is 2.31. The van der Waals surface area contributed by atoms with Gasteiger partial charge in [0.05, 0.1) is 19.8 Å². The number of hydrogen-bond donors (Lipinski definition) is 0.